The minimum atomic E-state index is 0.398. The van der Waals surface area contributed by atoms with Crippen LogP contribution in [0.4, 0.5) is 11.6 Å². The summed E-state index contributed by atoms with van der Waals surface area (Å²) in [5.41, 5.74) is 5.77. The molecule has 0 fully saturated rings. The number of aromatic nitrogens is 2. The van der Waals surface area contributed by atoms with Gasteiger partial charge in [-0.2, -0.15) is 0 Å². The number of nitrogens with zero attached hydrogens (tertiary/aromatic N) is 3. The molecule has 0 amide bonds. The highest BCUT2D eigenvalue weighted by atomic mass is 16.5. The van der Waals surface area contributed by atoms with Crippen LogP contribution in [0, 0.1) is 0 Å². The second-order valence-corrected chi connectivity index (χ2v) is 4.54. The molecule has 0 atom stereocenters. The maximum atomic E-state index is 5.77. The van der Waals surface area contributed by atoms with Gasteiger partial charge >= 0.3 is 0 Å². The normalized spacial score (nSPS) is 11.0. The molecule has 0 saturated heterocycles. The van der Waals surface area contributed by atoms with Crippen molar-refractivity contribution in [2.45, 2.75) is 33.8 Å². The molecule has 0 aliphatic heterocycles. The maximum absolute atomic E-state index is 5.77. The van der Waals surface area contributed by atoms with E-state index in [-0.39, 0.29) is 0 Å². The van der Waals surface area contributed by atoms with Crippen LogP contribution in [0.1, 0.15) is 33.0 Å². The molecule has 0 saturated carbocycles. The van der Waals surface area contributed by atoms with Gasteiger partial charge in [0.25, 0.3) is 0 Å². The van der Waals surface area contributed by atoms with Gasteiger partial charge in [0.05, 0.1) is 0 Å². The third-order valence-corrected chi connectivity index (χ3v) is 3.08. The molecule has 1 aromatic rings. The standard InChI is InChI=1S/C14H27N5O/c1-4-19(5-2)9-7-8-16-13-10-12(15)17-14(18-13)11-20-6-3/h10H,4-9,11H2,1-3H3,(H3,15,16,17,18). The average Bonchev–Trinajstić information content (AvgIpc) is 2.45. The fourth-order valence-electron chi connectivity index (χ4n) is 1.93. The Morgan fingerprint density at radius 2 is 2.00 bits per heavy atom. The smallest absolute Gasteiger partial charge is 0.158 e. The molecule has 3 N–H and O–H groups in total. The maximum Gasteiger partial charge on any atom is 0.158 e. The van der Waals surface area contributed by atoms with Gasteiger partial charge in [-0.15, -0.1) is 0 Å². The molecule has 6 heteroatoms. The van der Waals surface area contributed by atoms with Crippen LogP contribution in [-0.2, 0) is 11.3 Å². The molecule has 20 heavy (non-hydrogen) atoms. The van der Waals surface area contributed by atoms with Gasteiger partial charge in [0.1, 0.15) is 18.2 Å². The molecule has 0 radical (unpaired) electrons. The Morgan fingerprint density at radius 3 is 2.65 bits per heavy atom. The second kappa shape index (κ2) is 9.50. The molecule has 0 aliphatic rings. The summed E-state index contributed by atoms with van der Waals surface area (Å²) < 4.78 is 5.30. The predicted octanol–water partition coefficient (Wildman–Crippen LogP) is 1.74. The SMILES string of the molecule is CCOCc1nc(N)cc(NCCCN(CC)CC)n1. The molecular weight excluding hydrogens is 254 g/mol. The van der Waals surface area contributed by atoms with Crippen LogP contribution in [0.25, 0.3) is 0 Å². The summed E-state index contributed by atoms with van der Waals surface area (Å²) in [5.74, 6) is 1.87. The van der Waals surface area contributed by atoms with Crippen LogP contribution in [0.15, 0.2) is 6.07 Å². The zero-order valence-electron chi connectivity index (χ0n) is 12.9. The van der Waals surface area contributed by atoms with E-state index in [0.717, 1.165) is 38.4 Å². The summed E-state index contributed by atoms with van der Waals surface area (Å²) >= 11 is 0. The van der Waals surface area contributed by atoms with Gasteiger partial charge < -0.3 is 20.7 Å². The van der Waals surface area contributed by atoms with Crippen molar-refractivity contribution in [3.63, 3.8) is 0 Å². The molecule has 1 rings (SSSR count). The number of nitrogen functional groups attached to an aromatic ring is 1. The first-order chi connectivity index (χ1) is 9.69. The van der Waals surface area contributed by atoms with Crippen molar-refractivity contribution in [2.75, 3.05) is 43.8 Å². The van der Waals surface area contributed by atoms with Gasteiger partial charge in [-0.1, -0.05) is 13.8 Å². The van der Waals surface area contributed by atoms with Crippen molar-refractivity contribution < 1.29 is 4.74 Å². The van der Waals surface area contributed by atoms with E-state index in [9.17, 15) is 0 Å². The van der Waals surface area contributed by atoms with E-state index in [2.05, 4.69) is 34.0 Å². The molecule has 0 spiro atoms. The van der Waals surface area contributed by atoms with Gasteiger partial charge in [0, 0.05) is 19.2 Å². The van der Waals surface area contributed by atoms with Gasteiger partial charge in [0.15, 0.2) is 5.82 Å². The topological polar surface area (TPSA) is 76.3 Å². The zero-order chi connectivity index (χ0) is 14.8. The fraction of sp³-hybridized carbons (Fsp3) is 0.714. The summed E-state index contributed by atoms with van der Waals surface area (Å²) in [6.07, 6.45) is 1.08. The zero-order valence-corrected chi connectivity index (χ0v) is 12.9. The highest BCUT2D eigenvalue weighted by Crippen LogP contribution is 2.09. The molecular formula is C14H27N5O. The van der Waals surface area contributed by atoms with E-state index < -0.39 is 0 Å². The number of nitrogens with two attached hydrogens (primary N) is 1. The third-order valence-electron chi connectivity index (χ3n) is 3.08. The van der Waals surface area contributed by atoms with Crippen LogP contribution in [-0.4, -0.2) is 47.7 Å². The Kier molecular flexibility index (Phi) is 7.91. The number of ether oxygens (including phenoxy) is 1. The quantitative estimate of drug-likeness (QED) is 0.636. The van der Waals surface area contributed by atoms with Crippen molar-refractivity contribution in [1.29, 1.82) is 0 Å². The number of hydrogen-bond donors (Lipinski definition) is 2. The number of rotatable bonds is 10. The van der Waals surface area contributed by atoms with Gasteiger partial charge in [-0.25, -0.2) is 9.97 Å². The number of hydrogen-bond acceptors (Lipinski definition) is 6. The first-order valence-corrected chi connectivity index (χ1v) is 7.36. The lowest BCUT2D eigenvalue weighted by Gasteiger charge is -2.17. The van der Waals surface area contributed by atoms with Crippen molar-refractivity contribution in [3.05, 3.63) is 11.9 Å². The van der Waals surface area contributed by atoms with Gasteiger partial charge in [-0.05, 0) is 33.0 Å². The predicted molar refractivity (Wildman–Crippen MR) is 82.7 cm³/mol. The van der Waals surface area contributed by atoms with Crippen LogP contribution in [0.5, 0.6) is 0 Å². The van der Waals surface area contributed by atoms with Crippen molar-refractivity contribution >= 4 is 11.6 Å². The van der Waals surface area contributed by atoms with E-state index in [1.807, 2.05) is 6.92 Å². The van der Waals surface area contributed by atoms with Crippen LogP contribution < -0.4 is 11.1 Å². The van der Waals surface area contributed by atoms with Crippen molar-refractivity contribution in [1.82, 2.24) is 14.9 Å². The Morgan fingerprint density at radius 1 is 1.25 bits per heavy atom. The summed E-state index contributed by atoms with van der Waals surface area (Å²) in [6.45, 7) is 11.5. The van der Waals surface area contributed by atoms with Crippen LogP contribution in [0.3, 0.4) is 0 Å². The fourth-order valence-corrected chi connectivity index (χ4v) is 1.93. The lowest BCUT2D eigenvalue weighted by Crippen LogP contribution is -2.25. The number of nitrogens with one attached hydrogen (secondary N) is 1. The Labute approximate surface area is 121 Å². The average molecular weight is 281 g/mol. The van der Waals surface area contributed by atoms with Crippen molar-refractivity contribution in [2.24, 2.45) is 0 Å². The first-order valence-electron chi connectivity index (χ1n) is 7.36. The molecule has 1 heterocycles. The molecule has 1 aromatic heterocycles. The summed E-state index contributed by atoms with van der Waals surface area (Å²) in [6, 6.07) is 1.76. The number of anilines is 2. The largest absolute Gasteiger partial charge is 0.384 e. The van der Waals surface area contributed by atoms with Gasteiger partial charge in [-0.3, -0.25) is 0 Å². The molecule has 0 unspecified atom stereocenters. The highest BCUT2D eigenvalue weighted by molar-refractivity contribution is 5.44. The first kappa shape index (κ1) is 16.7. The lowest BCUT2D eigenvalue weighted by atomic mass is 10.3. The lowest BCUT2D eigenvalue weighted by molar-refractivity contribution is 0.128. The van der Waals surface area contributed by atoms with Crippen LogP contribution in [0.2, 0.25) is 0 Å². The Bertz CT molecular complexity index is 382. The molecule has 0 aromatic carbocycles. The van der Waals surface area contributed by atoms with Crippen LogP contribution >= 0.6 is 0 Å². The molecule has 6 nitrogen and oxygen atoms in total. The third kappa shape index (κ3) is 6.16. The Hall–Kier alpha value is -1.40. The summed E-state index contributed by atoms with van der Waals surface area (Å²) in [5, 5.41) is 3.29. The second-order valence-electron chi connectivity index (χ2n) is 4.54. The summed E-state index contributed by atoms with van der Waals surface area (Å²) in [7, 11) is 0. The van der Waals surface area contributed by atoms with E-state index in [1.165, 1.54) is 0 Å². The molecule has 114 valence electrons. The minimum absolute atomic E-state index is 0.398. The monoisotopic (exact) mass is 281 g/mol. The van der Waals surface area contributed by atoms with Crippen molar-refractivity contribution in [3.8, 4) is 0 Å². The van der Waals surface area contributed by atoms with E-state index in [0.29, 0.717) is 24.9 Å². The summed E-state index contributed by atoms with van der Waals surface area (Å²) in [4.78, 5) is 10.9. The molecule has 0 bridgehead atoms. The van der Waals surface area contributed by atoms with E-state index in [4.69, 9.17) is 10.5 Å². The molecule has 0 aliphatic carbocycles. The Balaban J connectivity index is 2.41. The minimum Gasteiger partial charge on any atom is -0.384 e. The highest BCUT2D eigenvalue weighted by Gasteiger charge is 2.03. The van der Waals surface area contributed by atoms with E-state index in [1.54, 1.807) is 6.07 Å². The van der Waals surface area contributed by atoms with Gasteiger partial charge in [0.2, 0.25) is 0 Å². The van der Waals surface area contributed by atoms with E-state index >= 15 is 0 Å².